The van der Waals surface area contributed by atoms with Gasteiger partial charge in [-0.25, -0.2) is 4.68 Å². The predicted octanol–water partition coefficient (Wildman–Crippen LogP) is 1.90. The molecule has 0 aliphatic carbocycles. The Morgan fingerprint density at radius 2 is 2.07 bits per heavy atom. The van der Waals surface area contributed by atoms with Crippen molar-refractivity contribution in [3.05, 3.63) is 54.0 Å². The Bertz CT molecular complexity index is 929. The van der Waals surface area contributed by atoms with Crippen LogP contribution in [0.2, 0.25) is 0 Å². The van der Waals surface area contributed by atoms with Crippen molar-refractivity contribution in [1.29, 1.82) is 0 Å². The van der Waals surface area contributed by atoms with E-state index in [-0.39, 0.29) is 11.7 Å². The number of benzene rings is 1. The van der Waals surface area contributed by atoms with Gasteiger partial charge in [0.1, 0.15) is 0 Å². The van der Waals surface area contributed by atoms with Crippen LogP contribution in [-0.2, 0) is 4.74 Å². The van der Waals surface area contributed by atoms with Crippen molar-refractivity contribution in [3.8, 4) is 17.3 Å². The second-order valence-electron chi connectivity index (χ2n) is 6.70. The van der Waals surface area contributed by atoms with E-state index in [0.717, 1.165) is 44.1 Å². The van der Waals surface area contributed by atoms with Crippen LogP contribution >= 0.6 is 0 Å². The number of carbonyl (C=O) groups is 1. The van der Waals surface area contributed by atoms with Gasteiger partial charge in [-0.3, -0.25) is 9.69 Å². The van der Waals surface area contributed by atoms with Crippen LogP contribution in [0, 0.1) is 6.92 Å². The molecule has 1 aromatic carbocycles. The maximum absolute atomic E-state index is 12.6. The minimum atomic E-state index is -0.299. The molecule has 0 radical (unpaired) electrons. The average molecular weight is 381 g/mol. The van der Waals surface area contributed by atoms with Gasteiger partial charge in [-0.15, -0.1) is 5.10 Å². The Hall–Kier alpha value is -2.97. The number of ether oxygens (including phenoxy) is 1. The lowest BCUT2D eigenvalue weighted by Gasteiger charge is -2.26. The van der Waals surface area contributed by atoms with Crippen molar-refractivity contribution in [2.75, 3.05) is 39.4 Å². The molecule has 0 atom stereocenters. The molecule has 1 aliphatic rings. The Balaban J connectivity index is 1.52. The molecule has 0 bridgehead atoms. The summed E-state index contributed by atoms with van der Waals surface area (Å²) >= 11 is 0. The lowest BCUT2D eigenvalue weighted by Crippen LogP contribution is -2.41. The van der Waals surface area contributed by atoms with Crippen LogP contribution in [-0.4, -0.2) is 65.0 Å². The van der Waals surface area contributed by atoms with Gasteiger partial charge in [0.2, 0.25) is 5.82 Å². The molecule has 1 saturated heterocycles. The van der Waals surface area contributed by atoms with E-state index in [2.05, 4.69) is 20.3 Å². The SMILES string of the molecule is Cc1cccc(-n2nc(C(=O)NCCN3CCOCC3)nc2-c2ccco2)c1. The Labute approximate surface area is 163 Å². The van der Waals surface area contributed by atoms with Crippen molar-refractivity contribution >= 4 is 5.91 Å². The largest absolute Gasteiger partial charge is 0.461 e. The molecule has 1 amide bonds. The average Bonchev–Trinajstić information content (AvgIpc) is 3.38. The number of rotatable bonds is 6. The van der Waals surface area contributed by atoms with Crippen LogP contribution in [0.5, 0.6) is 0 Å². The second kappa shape index (κ2) is 8.37. The molecule has 1 aliphatic heterocycles. The highest BCUT2D eigenvalue weighted by Crippen LogP contribution is 2.22. The van der Waals surface area contributed by atoms with E-state index in [1.807, 2.05) is 31.2 Å². The molecule has 3 heterocycles. The van der Waals surface area contributed by atoms with Crippen molar-refractivity contribution in [3.63, 3.8) is 0 Å². The van der Waals surface area contributed by atoms with Gasteiger partial charge in [-0.1, -0.05) is 12.1 Å². The molecule has 3 aromatic rings. The number of nitrogens with zero attached hydrogens (tertiary/aromatic N) is 4. The van der Waals surface area contributed by atoms with E-state index in [1.54, 1.807) is 23.1 Å². The summed E-state index contributed by atoms with van der Waals surface area (Å²) in [6.45, 7) is 6.57. The highest BCUT2D eigenvalue weighted by Gasteiger charge is 2.20. The molecule has 4 rings (SSSR count). The first-order valence-corrected chi connectivity index (χ1v) is 9.37. The maximum Gasteiger partial charge on any atom is 0.291 e. The molecule has 146 valence electrons. The summed E-state index contributed by atoms with van der Waals surface area (Å²) in [6.07, 6.45) is 1.58. The smallest absolute Gasteiger partial charge is 0.291 e. The summed E-state index contributed by atoms with van der Waals surface area (Å²) in [6, 6.07) is 11.4. The number of nitrogens with one attached hydrogen (secondary N) is 1. The van der Waals surface area contributed by atoms with E-state index in [1.165, 1.54) is 0 Å². The van der Waals surface area contributed by atoms with Gasteiger partial charge in [0.05, 0.1) is 25.2 Å². The van der Waals surface area contributed by atoms with Crippen molar-refractivity contribution in [1.82, 2.24) is 25.0 Å². The van der Waals surface area contributed by atoms with Crippen LogP contribution in [0.4, 0.5) is 0 Å². The quantitative estimate of drug-likeness (QED) is 0.702. The van der Waals surface area contributed by atoms with Crippen LogP contribution in [0.3, 0.4) is 0 Å². The first-order valence-electron chi connectivity index (χ1n) is 9.37. The number of aromatic nitrogens is 3. The van der Waals surface area contributed by atoms with Crippen molar-refractivity contribution < 1.29 is 13.9 Å². The Morgan fingerprint density at radius 3 is 2.82 bits per heavy atom. The molecule has 2 aromatic heterocycles. The third-order valence-corrected chi connectivity index (χ3v) is 4.62. The van der Waals surface area contributed by atoms with Gasteiger partial charge >= 0.3 is 0 Å². The van der Waals surface area contributed by atoms with Crippen LogP contribution in [0.25, 0.3) is 17.3 Å². The van der Waals surface area contributed by atoms with E-state index in [4.69, 9.17) is 9.15 Å². The third-order valence-electron chi connectivity index (χ3n) is 4.62. The Morgan fingerprint density at radius 1 is 1.21 bits per heavy atom. The normalized spacial score (nSPS) is 14.9. The second-order valence-corrected chi connectivity index (χ2v) is 6.70. The molecule has 1 fully saturated rings. The van der Waals surface area contributed by atoms with Gasteiger partial charge in [0.15, 0.2) is 11.6 Å². The monoisotopic (exact) mass is 381 g/mol. The molecule has 0 saturated carbocycles. The van der Waals surface area contributed by atoms with Crippen molar-refractivity contribution in [2.24, 2.45) is 0 Å². The topological polar surface area (TPSA) is 85.4 Å². The lowest BCUT2D eigenvalue weighted by atomic mass is 10.2. The zero-order valence-electron chi connectivity index (χ0n) is 15.8. The molecule has 8 nitrogen and oxygen atoms in total. The van der Waals surface area contributed by atoms with Crippen LogP contribution < -0.4 is 5.32 Å². The number of amides is 1. The summed E-state index contributed by atoms with van der Waals surface area (Å²) in [5.74, 6) is 0.873. The van der Waals surface area contributed by atoms with Crippen molar-refractivity contribution in [2.45, 2.75) is 6.92 Å². The molecule has 0 unspecified atom stereocenters. The number of furan rings is 1. The fourth-order valence-electron chi connectivity index (χ4n) is 3.14. The highest BCUT2D eigenvalue weighted by molar-refractivity contribution is 5.90. The standard InChI is InChI=1S/C20H23N5O3/c1-15-4-2-5-16(14-15)25-19(17-6-3-11-28-17)22-18(23-25)20(26)21-7-8-24-9-12-27-13-10-24/h2-6,11,14H,7-10,12-13H2,1H3,(H,21,26). The number of carbonyl (C=O) groups excluding carboxylic acids is 1. The summed E-state index contributed by atoms with van der Waals surface area (Å²) in [7, 11) is 0. The number of morpholine rings is 1. The molecular formula is C20H23N5O3. The van der Waals surface area contributed by atoms with Crippen LogP contribution in [0.1, 0.15) is 16.2 Å². The van der Waals surface area contributed by atoms with E-state index in [0.29, 0.717) is 18.1 Å². The first-order chi connectivity index (χ1) is 13.7. The van der Waals surface area contributed by atoms with Gasteiger partial charge in [0, 0.05) is 26.2 Å². The number of hydrogen-bond acceptors (Lipinski definition) is 6. The zero-order valence-corrected chi connectivity index (χ0v) is 15.8. The minimum absolute atomic E-state index is 0.120. The van der Waals surface area contributed by atoms with Crippen LogP contribution in [0.15, 0.2) is 47.1 Å². The highest BCUT2D eigenvalue weighted by atomic mass is 16.5. The zero-order chi connectivity index (χ0) is 19.3. The third kappa shape index (κ3) is 4.13. The van der Waals surface area contributed by atoms with E-state index >= 15 is 0 Å². The Kier molecular flexibility index (Phi) is 5.50. The number of aryl methyl sites for hydroxylation is 1. The van der Waals surface area contributed by atoms with Gasteiger partial charge in [-0.2, -0.15) is 4.98 Å². The van der Waals surface area contributed by atoms with Gasteiger partial charge in [-0.05, 0) is 36.8 Å². The summed E-state index contributed by atoms with van der Waals surface area (Å²) in [5, 5.41) is 7.35. The molecule has 1 N–H and O–H groups in total. The maximum atomic E-state index is 12.6. The van der Waals surface area contributed by atoms with Gasteiger partial charge in [0.25, 0.3) is 5.91 Å². The molecule has 28 heavy (non-hydrogen) atoms. The fourth-order valence-corrected chi connectivity index (χ4v) is 3.14. The van der Waals surface area contributed by atoms with E-state index in [9.17, 15) is 4.79 Å². The molecular weight excluding hydrogens is 358 g/mol. The minimum Gasteiger partial charge on any atom is -0.461 e. The lowest BCUT2D eigenvalue weighted by molar-refractivity contribution is 0.0383. The first kappa shape index (κ1) is 18.4. The predicted molar refractivity (Wildman–Crippen MR) is 103 cm³/mol. The summed E-state index contributed by atoms with van der Waals surface area (Å²) < 4.78 is 12.5. The van der Waals surface area contributed by atoms with E-state index < -0.39 is 0 Å². The van der Waals surface area contributed by atoms with Gasteiger partial charge < -0.3 is 14.5 Å². The summed E-state index contributed by atoms with van der Waals surface area (Å²) in [5.41, 5.74) is 1.92. The molecule has 8 heteroatoms. The summed E-state index contributed by atoms with van der Waals surface area (Å²) in [4.78, 5) is 19.3. The fraction of sp³-hybridized carbons (Fsp3) is 0.350. The number of hydrogen-bond donors (Lipinski definition) is 1. The molecule has 0 spiro atoms.